The molecular weight excluding hydrogens is 533 g/mol. The van der Waals surface area contributed by atoms with Gasteiger partial charge in [-0.1, -0.05) is 35.7 Å². The Morgan fingerprint density at radius 2 is 1.93 bits per heavy atom. The van der Waals surface area contributed by atoms with Gasteiger partial charge >= 0.3 is 5.97 Å². The number of benzene rings is 2. The number of rotatable bonds is 8. The van der Waals surface area contributed by atoms with Gasteiger partial charge in [0.15, 0.2) is 0 Å². The van der Waals surface area contributed by atoms with Gasteiger partial charge in [0.05, 0.1) is 32.7 Å². The Morgan fingerprint density at radius 1 is 1.15 bits per heavy atom. The fourth-order valence-corrected chi connectivity index (χ4v) is 5.50. The van der Waals surface area contributed by atoms with E-state index >= 15 is 4.39 Å². The van der Waals surface area contributed by atoms with Crippen LogP contribution in [0.5, 0.6) is 11.6 Å². The lowest BCUT2D eigenvalue weighted by molar-refractivity contribution is -0.140. The molecule has 1 aliphatic carbocycles. The third-order valence-corrected chi connectivity index (χ3v) is 7.60. The summed E-state index contributed by atoms with van der Waals surface area (Å²) in [5, 5.41) is 0.422. The average Bonchev–Trinajstić information content (AvgIpc) is 3.39. The fraction of sp³-hybridized carbons (Fsp3) is 0.375. The minimum Gasteiger partial charge on any atom is -0.486 e. The summed E-state index contributed by atoms with van der Waals surface area (Å²) < 4.78 is 37.6. The summed E-state index contributed by atoms with van der Waals surface area (Å²) in [5.74, 6) is 6.06. The maximum Gasteiger partial charge on any atom is 0.307 e. The van der Waals surface area contributed by atoms with E-state index in [4.69, 9.17) is 30.5 Å². The third-order valence-electron chi connectivity index (χ3n) is 7.33. The average molecular weight is 564 g/mol. The summed E-state index contributed by atoms with van der Waals surface area (Å²) in [7, 11) is 1.36. The minimum atomic E-state index is -0.429. The van der Waals surface area contributed by atoms with Crippen LogP contribution in [0.4, 0.5) is 4.39 Å². The number of halogens is 2. The summed E-state index contributed by atoms with van der Waals surface area (Å²) in [6.45, 7) is 3.07. The van der Waals surface area contributed by atoms with E-state index in [1.807, 2.05) is 30.3 Å². The molecule has 1 aliphatic heterocycles. The molecule has 5 rings (SSSR count). The zero-order chi connectivity index (χ0) is 28.1. The topological polar surface area (TPSA) is 66.9 Å². The smallest absolute Gasteiger partial charge is 0.307 e. The van der Waals surface area contributed by atoms with Crippen LogP contribution in [0, 0.1) is 17.7 Å². The molecule has 40 heavy (non-hydrogen) atoms. The first-order valence-electron chi connectivity index (χ1n) is 13.4. The maximum atomic E-state index is 15.1. The van der Waals surface area contributed by atoms with Gasteiger partial charge in [0.2, 0.25) is 5.88 Å². The van der Waals surface area contributed by atoms with Crippen molar-refractivity contribution in [2.45, 2.75) is 57.2 Å². The highest BCUT2D eigenvalue weighted by Gasteiger charge is 2.30. The number of carbonyl (C=O) groups is 1. The molecule has 0 N–H and O–H groups in total. The molecule has 2 aromatic carbocycles. The summed E-state index contributed by atoms with van der Waals surface area (Å²) in [6.07, 6.45) is 4.41. The summed E-state index contributed by atoms with van der Waals surface area (Å²) >= 11 is 6.56. The number of methoxy groups -OCH3 is 1. The van der Waals surface area contributed by atoms with Crippen LogP contribution in [0.2, 0.25) is 5.02 Å². The van der Waals surface area contributed by atoms with Crippen molar-refractivity contribution in [1.29, 1.82) is 0 Å². The lowest BCUT2D eigenvalue weighted by atomic mass is 9.96. The lowest BCUT2D eigenvalue weighted by Crippen LogP contribution is -2.26. The first kappa shape index (κ1) is 27.9. The van der Waals surface area contributed by atoms with Gasteiger partial charge in [0, 0.05) is 30.2 Å². The van der Waals surface area contributed by atoms with Gasteiger partial charge in [-0.05, 0) is 60.7 Å². The first-order chi connectivity index (χ1) is 19.5. The number of esters is 1. The molecule has 2 aliphatic rings. The van der Waals surface area contributed by atoms with Crippen molar-refractivity contribution in [2.75, 3.05) is 20.3 Å². The molecule has 3 aromatic rings. The zero-order valence-electron chi connectivity index (χ0n) is 22.5. The van der Waals surface area contributed by atoms with E-state index in [2.05, 4.69) is 16.8 Å². The van der Waals surface area contributed by atoms with Crippen molar-refractivity contribution in [2.24, 2.45) is 0 Å². The molecule has 1 saturated heterocycles. The molecule has 2 atom stereocenters. The van der Waals surface area contributed by atoms with Crippen molar-refractivity contribution in [3.8, 4) is 34.6 Å². The second kappa shape index (κ2) is 12.7. The van der Waals surface area contributed by atoms with Crippen LogP contribution >= 0.6 is 11.6 Å². The van der Waals surface area contributed by atoms with Gasteiger partial charge in [-0.25, -0.2) is 9.37 Å². The van der Waals surface area contributed by atoms with Crippen molar-refractivity contribution < 1.29 is 28.1 Å². The monoisotopic (exact) mass is 563 g/mol. The Bertz CT molecular complexity index is 1430. The number of carbonyl (C=O) groups excluding carboxylic acids is 1. The van der Waals surface area contributed by atoms with Gasteiger partial charge in [0.25, 0.3) is 0 Å². The molecule has 0 amide bonds. The maximum absolute atomic E-state index is 15.1. The van der Waals surface area contributed by atoms with E-state index in [0.717, 1.165) is 35.1 Å². The van der Waals surface area contributed by atoms with Crippen LogP contribution in [0.1, 0.15) is 61.3 Å². The first-order valence-corrected chi connectivity index (χ1v) is 13.8. The van der Waals surface area contributed by atoms with Crippen LogP contribution in [-0.4, -0.2) is 37.4 Å². The Labute approximate surface area is 238 Å². The van der Waals surface area contributed by atoms with E-state index in [1.165, 1.54) is 13.2 Å². The van der Waals surface area contributed by atoms with Crippen molar-refractivity contribution in [1.82, 2.24) is 4.98 Å². The molecule has 0 unspecified atom stereocenters. The quantitative estimate of drug-likeness (QED) is 0.221. The fourth-order valence-electron chi connectivity index (χ4n) is 5.29. The molecule has 0 radical (unpaired) electrons. The van der Waals surface area contributed by atoms with E-state index < -0.39 is 6.10 Å². The van der Waals surface area contributed by atoms with Gasteiger partial charge in [-0.2, -0.15) is 0 Å². The molecule has 0 saturated carbocycles. The second-order valence-electron chi connectivity index (χ2n) is 9.87. The lowest BCUT2D eigenvalue weighted by Gasteiger charge is -2.23. The Kier molecular flexibility index (Phi) is 8.88. The van der Waals surface area contributed by atoms with Crippen LogP contribution in [0.3, 0.4) is 0 Å². The van der Waals surface area contributed by atoms with E-state index in [1.54, 1.807) is 19.2 Å². The Morgan fingerprint density at radius 3 is 2.62 bits per heavy atom. The molecule has 2 heterocycles. The van der Waals surface area contributed by atoms with Crippen LogP contribution in [0.25, 0.3) is 11.1 Å². The number of hydrogen-bond acceptors (Lipinski definition) is 6. The summed E-state index contributed by atoms with van der Waals surface area (Å²) in [4.78, 5) is 16.3. The van der Waals surface area contributed by atoms with Crippen molar-refractivity contribution >= 4 is 17.6 Å². The van der Waals surface area contributed by atoms with Gasteiger partial charge in [-0.15, -0.1) is 5.92 Å². The third kappa shape index (κ3) is 6.24. The van der Waals surface area contributed by atoms with Crippen LogP contribution < -0.4 is 9.47 Å². The predicted octanol–water partition coefficient (Wildman–Crippen LogP) is 6.84. The second-order valence-corrected chi connectivity index (χ2v) is 10.3. The van der Waals surface area contributed by atoms with Gasteiger partial charge in [0.1, 0.15) is 28.8 Å². The molecule has 1 aromatic heterocycles. The highest BCUT2D eigenvalue weighted by Crippen LogP contribution is 2.42. The zero-order valence-corrected chi connectivity index (χ0v) is 23.3. The number of nitrogens with zero attached hydrogens (tertiary/aromatic N) is 1. The number of ether oxygens (including phenoxy) is 4. The highest BCUT2D eigenvalue weighted by atomic mass is 35.5. The molecular formula is C32H31ClFNO5. The molecule has 0 spiro atoms. The van der Waals surface area contributed by atoms with Crippen LogP contribution in [-0.2, 0) is 20.7 Å². The predicted molar refractivity (Wildman–Crippen MR) is 150 cm³/mol. The summed E-state index contributed by atoms with van der Waals surface area (Å²) in [5.41, 5.74) is 4.03. The SMILES string of the molecule is CC#C[C@@H](CC(=O)OC)c1ccc(O[C@@H]2CCc3c(-c4cnc(OC5CCOCC5)c(Cl)c4)ccc(F)c32)cc1. The molecule has 0 bridgehead atoms. The number of aromatic nitrogens is 1. The Balaban J connectivity index is 1.33. The minimum absolute atomic E-state index is 0.0324. The molecule has 1 fully saturated rings. The highest BCUT2D eigenvalue weighted by molar-refractivity contribution is 6.32. The van der Waals surface area contributed by atoms with E-state index in [0.29, 0.717) is 48.3 Å². The normalized spacial score (nSPS) is 17.4. The Hall–Kier alpha value is -3.60. The number of hydrogen-bond donors (Lipinski definition) is 0. The number of pyridine rings is 1. The molecule has 6 nitrogen and oxygen atoms in total. The largest absolute Gasteiger partial charge is 0.486 e. The van der Waals surface area contributed by atoms with Crippen molar-refractivity contribution in [3.05, 3.63) is 76.2 Å². The standard InChI is InChI=1S/C32H31ClFNO5/c1-3-4-21(18-30(36)37-2)20-5-7-23(8-6-20)39-29-12-10-26-25(9-11-28(34)31(26)29)22-17-27(33)32(35-19-22)40-24-13-15-38-16-14-24/h5-9,11,17,19,21,24,29H,10,12-16,18H2,1-2H3/t21-,29+/m0/s1. The van der Waals surface area contributed by atoms with E-state index in [9.17, 15) is 4.79 Å². The number of fused-ring (bicyclic) bond motifs is 1. The van der Waals surface area contributed by atoms with Crippen LogP contribution in [0.15, 0.2) is 48.7 Å². The summed E-state index contributed by atoms with van der Waals surface area (Å²) in [6, 6.07) is 12.5. The van der Waals surface area contributed by atoms with Gasteiger partial charge < -0.3 is 18.9 Å². The van der Waals surface area contributed by atoms with Gasteiger partial charge in [-0.3, -0.25) is 4.79 Å². The van der Waals surface area contributed by atoms with Crippen molar-refractivity contribution in [3.63, 3.8) is 0 Å². The molecule has 8 heteroatoms. The van der Waals surface area contributed by atoms with E-state index in [-0.39, 0.29) is 30.2 Å². The molecule has 208 valence electrons.